The Morgan fingerprint density at radius 3 is 2.18 bits per heavy atom. The zero-order valence-corrected chi connectivity index (χ0v) is 11.8. The molecule has 0 aliphatic rings. The number of halogens is 1. The number of imide groups is 1. The number of benzene rings is 2. The molecule has 0 radical (unpaired) electrons. The Balaban J connectivity index is 2.17. The van der Waals surface area contributed by atoms with Gasteiger partial charge in [-0.15, -0.1) is 0 Å². The molecular weight excluding hydrogens is 285 g/mol. The number of rotatable bonds is 5. The van der Waals surface area contributed by atoms with Crippen molar-refractivity contribution in [2.45, 2.75) is 6.04 Å². The average molecular weight is 301 g/mol. The zero-order chi connectivity index (χ0) is 15.9. The molecule has 114 valence electrons. The lowest BCUT2D eigenvalue weighted by Gasteiger charge is -2.19. The highest BCUT2D eigenvalue weighted by Gasteiger charge is 2.15. The zero-order valence-electron chi connectivity index (χ0n) is 11.8. The summed E-state index contributed by atoms with van der Waals surface area (Å²) in [6.45, 7) is -0.0973. The van der Waals surface area contributed by atoms with Gasteiger partial charge in [-0.05, 0) is 23.3 Å². The minimum absolute atomic E-state index is 0.0973. The van der Waals surface area contributed by atoms with Crippen molar-refractivity contribution >= 4 is 11.9 Å². The van der Waals surface area contributed by atoms with Crippen molar-refractivity contribution in [1.82, 2.24) is 10.6 Å². The summed E-state index contributed by atoms with van der Waals surface area (Å²) in [5, 5.41) is 5.02. The maximum atomic E-state index is 13.1. The first-order valence-electron chi connectivity index (χ1n) is 6.69. The Labute approximate surface area is 127 Å². The number of carbonyl (C=O) groups is 2. The summed E-state index contributed by atoms with van der Waals surface area (Å²) in [7, 11) is 0. The van der Waals surface area contributed by atoms with Crippen LogP contribution in [-0.2, 0) is 4.79 Å². The number of urea groups is 1. The first-order chi connectivity index (χ1) is 10.6. The molecular formula is C16H16FN3O2. The van der Waals surface area contributed by atoms with E-state index in [1.807, 2.05) is 35.6 Å². The standard InChI is InChI=1S/C16H16FN3O2/c17-13-8-6-12(7-9-13)15(11-4-2-1-3-5-11)19-10-14(21)20-16(18)22/h1-9,15,19H,10H2,(H3,18,20,21,22). The molecule has 2 rings (SSSR count). The molecule has 5 nitrogen and oxygen atoms in total. The maximum Gasteiger partial charge on any atom is 0.318 e. The van der Waals surface area contributed by atoms with Gasteiger partial charge in [-0.25, -0.2) is 9.18 Å². The predicted molar refractivity (Wildman–Crippen MR) is 80.4 cm³/mol. The molecule has 6 heteroatoms. The van der Waals surface area contributed by atoms with Gasteiger partial charge >= 0.3 is 6.03 Å². The van der Waals surface area contributed by atoms with Gasteiger partial charge in [-0.3, -0.25) is 15.4 Å². The van der Waals surface area contributed by atoms with Gasteiger partial charge in [0.05, 0.1) is 12.6 Å². The second-order valence-electron chi connectivity index (χ2n) is 4.69. The molecule has 22 heavy (non-hydrogen) atoms. The molecule has 0 heterocycles. The van der Waals surface area contributed by atoms with E-state index in [9.17, 15) is 14.0 Å². The highest BCUT2D eigenvalue weighted by atomic mass is 19.1. The quantitative estimate of drug-likeness (QED) is 0.786. The molecule has 0 aliphatic carbocycles. The summed E-state index contributed by atoms with van der Waals surface area (Å²) in [6, 6.07) is 14.2. The molecule has 0 aromatic heterocycles. The lowest BCUT2D eigenvalue weighted by Crippen LogP contribution is -2.41. The Morgan fingerprint density at radius 1 is 1.00 bits per heavy atom. The first-order valence-corrected chi connectivity index (χ1v) is 6.69. The topological polar surface area (TPSA) is 84.2 Å². The Kier molecular flexibility index (Phi) is 5.21. The van der Waals surface area contributed by atoms with E-state index in [4.69, 9.17) is 5.73 Å². The van der Waals surface area contributed by atoms with E-state index in [2.05, 4.69) is 5.32 Å². The Bertz CT molecular complexity index is 644. The van der Waals surface area contributed by atoms with Crippen LogP contribution in [-0.4, -0.2) is 18.5 Å². The predicted octanol–water partition coefficient (Wildman–Crippen LogP) is 1.70. The van der Waals surface area contributed by atoms with E-state index >= 15 is 0 Å². The van der Waals surface area contributed by atoms with Crippen molar-refractivity contribution < 1.29 is 14.0 Å². The van der Waals surface area contributed by atoms with Crippen molar-refractivity contribution in [3.05, 3.63) is 71.5 Å². The van der Waals surface area contributed by atoms with Crippen LogP contribution in [0.15, 0.2) is 54.6 Å². The van der Waals surface area contributed by atoms with Crippen LogP contribution in [0.1, 0.15) is 17.2 Å². The Morgan fingerprint density at radius 2 is 1.59 bits per heavy atom. The minimum Gasteiger partial charge on any atom is -0.351 e. The summed E-state index contributed by atoms with van der Waals surface area (Å²) >= 11 is 0. The van der Waals surface area contributed by atoms with Gasteiger partial charge in [0.15, 0.2) is 0 Å². The van der Waals surface area contributed by atoms with Gasteiger partial charge in [-0.2, -0.15) is 0 Å². The molecule has 2 aromatic carbocycles. The minimum atomic E-state index is -0.898. The molecule has 0 spiro atoms. The van der Waals surface area contributed by atoms with Crippen molar-refractivity contribution in [2.75, 3.05) is 6.54 Å². The van der Waals surface area contributed by atoms with Gasteiger partial charge < -0.3 is 5.73 Å². The maximum absolute atomic E-state index is 13.1. The van der Waals surface area contributed by atoms with E-state index in [-0.39, 0.29) is 18.4 Å². The fourth-order valence-corrected chi connectivity index (χ4v) is 2.11. The van der Waals surface area contributed by atoms with E-state index in [0.717, 1.165) is 11.1 Å². The van der Waals surface area contributed by atoms with Crippen LogP contribution in [0.3, 0.4) is 0 Å². The highest BCUT2D eigenvalue weighted by molar-refractivity contribution is 5.94. The van der Waals surface area contributed by atoms with Crippen molar-refractivity contribution in [3.8, 4) is 0 Å². The second-order valence-corrected chi connectivity index (χ2v) is 4.69. The smallest absolute Gasteiger partial charge is 0.318 e. The summed E-state index contributed by atoms with van der Waals surface area (Å²) in [5.41, 5.74) is 6.62. The van der Waals surface area contributed by atoms with E-state index in [0.29, 0.717) is 0 Å². The molecule has 4 N–H and O–H groups in total. The molecule has 0 aliphatic heterocycles. The van der Waals surface area contributed by atoms with E-state index < -0.39 is 11.9 Å². The van der Waals surface area contributed by atoms with Gasteiger partial charge in [-0.1, -0.05) is 42.5 Å². The SMILES string of the molecule is NC(=O)NC(=O)CNC(c1ccccc1)c1ccc(F)cc1. The third-order valence-corrected chi connectivity index (χ3v) is 3.07. The third-order valence-electron chi connectivity index (χ3n) is 3.07. The van der Waals surface area contributed by atoms with Crippen LogP contribution in [0.25, 0.3) is 0 Å². The van der Waals surface area contributed by atoms with Crippen LogP contribution in [0, 0.1) is 5.82 Å². The van der Waals surface area contributed by atoms with Crippen LogP contribution >= 0.6 is 0 Å². The molecule has 1 atom stereocenters. The lowest BCUT2D eigenvalue weighted by molar-refractivity contribution is -0.119. The van der Waals surface area contributed by atoms with Crippen LogP contribution in [0.5, 0.6) is 0 Å². The van der Waals surface area contributed by atoms with Gasteiger partial charge in [0.25, 0.3) is 0 Å². The molecule has 3 amide bonds. The van der Waals surface area contributed by atoms with Crippen molar-refractivity contribution in [2.24, 2.45) is 5.73 Å². The summed E-state index contributed by atoms with van der Waals surface area (Å²) in [4.78, 5) is 22.2. The summed E-state index contributed by atoms with van der Waals surface area (Å²) in [6.07, 6.45) is 0. The van der Waals surface area contributed by atoms with Crippen molar-refractivity contribution in [3.63, 3.8) is 0 Å². The van der Waals surface area contributed by atoms with E-state index in [1.165, 1.54) is 12.1 Å². The number of hydrogen-bond donors (Lipinski definition) is 3. The summed E-state index contributed by atoms with van der Waals surface area (Å²) < 4.78 is 13.1. The number of nitrogens with one attached hydrogen (secondary N) is 2. The molecule has 0 saturated carbocycles. The molecule has 0 saturated heterocycles. The molecule has 0 fully saturated rings. The number of carbonyl (C=O) groups excluding carboxylic acids is 2. The number of nitrogens with two attached hydrogens (primary N) is 1. The molecule has 2 aromatic rings. The number of hydrogen-bond acceptors (Lipinski definition) is 3. The van der Waals surface area contributed by atoms with Crippen LogP contribution in [0.4, 0.5) is 9.18 Å². The van der Waals surface area contributed by atoms with Crippen LogP contribution in [0.2, 0.25) is 0 Å². The van der Waals surface area contributed by atoms with Gasteiger partial charge in [0, 0.05) is 0 Å². The fourth-order valence-electron chi connectivity index (χ4n) is 2.11. The van der Waals surface area contributed by atoms with Gasteiger partial charge in [0.2, 0.25) is 5.91 Å². The highest BCUT2D eigenvalue weighted by Crippen LogP contribution is 2.21. The molecule has 0 bridgehead atoms. The number of amides is 3. The Hall–Kier alpha value is -2.73. The van der Waals surface area contributed by atoms with E-state index in [1.54, 1.807) is 12.1 Å². The van der Waals surface area contributed by atoms with Crippen molar-refractivity contribution in [1.29, 1.82) is 0 Å². The monoisotopic (exact) mass is 301 g/mol. The third kappa shape index (κ3) is 4.39. The largest absolute Gasteiger partial charge is 0.351 e. The van der Waals surface area contributed by atoms with Crippen LogP contribution < -0.4 is 16.4 Å². The summed E-state index contributed by atoms with van der Waals surface area (Å²) in [5.74, 6) is -0.863. The number of primary amides is 1. The first kappa shape index (κ1) is 15.7. The lowest BCUT2D eigenvalue weighted by atomic mass is 9.98. The molecule has 1 unspecified atom stereocenters. The fraction of sp³-hybridized carbons (Fsp3) is 0.125. The second kappa shape index (κ2) is 7.33. The normalized spacial score (nSPS) is 11.7. The van der Waals surface area contributed by atoms with Gasteiger partial charge in [0.1, 0.15) is 5.82 Å². The average Bonchev–Trinajstić information content (AvgIpc) is 2.49.